The molecule has 0 aromatic rings. The zero-order valence-corrected chi connectivity index (χ0v) is 8.95. The van der Waals surface area contributed by atoms with Crippen LogP contribution < -0.4 is 0 Å². The van der Waals surface area contributed by atoms with E-state index in [-0.39, 0.29) is 0 Å². The van der Waals surface area contributed by atoms with Crippen molar-refractivity contribution in [3.05, 3.63) is 0 Å². The van der Waals surface area contributed by atoms with Crippen LogP contribution in [0.25, 0.3) is 0 Å². The van der Waals surface area contributed by atoms with E-state index in [4.69, 9.17) is 0 Å². The summed E-state index contributed by atoms with van der Waals surface area (Å²) in [6.07, 6.45) is 2.66. The normalized spacial score (nSPS) is 12.0. The van der Waals surface area contributed by atoms with Gasteiger partial charge < -0.3 is 4.48 Å². The van der Waals surface area contributed by atoms with Crippen LogP contribution in [0, 0.1) is 0 Å². The first-order valence-corrected chi connectivity index (χ1v) is 5.12. The second-order valence-corrected chi connectivity index (χ2v) is 4.22. The first kappa shape index (κ1) is 10.4. The number of hydrogen-bond acceptors (Lipinski definition) is 0. The Kier molecular flexibility index (Phi) is 5.36. The number of halogens is 1. The molecule has 0 rings (SSSR count). The lowest BCUT2D eigenvalue weighted by Crippen LogP contribution is -2.41. The van der Waals surface area contributed by atoms with Crippen LogP contribution in [0.1, 0.15) is 19.8 Å². The molecule has 0 spiro atoms. The summed E-state index contributed by atoms with van der Waals surface area (Å²) in [5, 5.41) is 1.11. The van der Waals surface area contributed by atoms with Gasteiger partial charge in [-0.05, 0) is 6.42 Å². The number of alkyl halides is 1. The van der Waals surface area contributed by atoms with E-state index in [2.05, 4.69) is 36.9 Å². The third kappa shape index (κ3) is 5.24. The molecule has 0 saturated heterocycles. The lowest BCUT2D eigenvalue weighted by atomic mass is 10.3. The summed E-state index contributed by atoms with van der Waals surface area (Å²) < 4.78 is 1.15. The molecule has 62 valence electrons. The molecule has 0 radical (unpaired) electrons. The maximum Gasteiger partial charge on any atom is 0.0880 e. The third-order valence-electron chi connectivity index (χ3n) is 1.81. The Morgan fingerprint density at radius 1 is 1.20 bits per heavy atom. The Morgan fingerprint density at radius 2 is 1.80 bits per heavy atom. The van der Waals surface area contributed by atoms with Gasteiger partial charge in [0, 0.05) is 0 Å². The Balaban J connectivity index is 3.42. The molecular formula is C8H19BrN+. The van der Waals surface area contributed by atoms with Crippen molar-refractivity contribution in [2.45, 2.75) is 19.8 Å². The molecule has 0 aliphatic carbocycles. The fourth-order valence-electron chi connectivity index (χ4n) is 0.927. The van der Waals surface area contributed by atoms with E-state index in [0.29, 0.717) is 0 Å². The lowest BCUT2D eigenvalue weighted by Gasteiger charge is -2.28. The Labute approximate surface area is 73.1 Å². The zero-order chi connectivity index (χ0) is 8.04. The van der Waals surface area contributed by atoms with E-state index >= 15 is 0 Å². The van der Waals surface area contributed by atoms with Crippen molar-refractivity contribution < 1.29 is 4.48 Å². The average molecular weight is 209 g/mol. The van der Waals surface area contributed by atoms with Gasteiger partial charge in [-0.1, -0.05) is 29.3 Å². The smallest absolute Gasteiger partial charge is 0.0880 e. The molecule has 0 atom stereocenters. The summed E-state index contributed by atoms with van der Waals surface area (Å²) >= 11 is 3.46. The molecule has 0 aliphatic rings. The zero-order valence-electron chi connectivity index (χ0n) is 7.36. The van der Waals surface area contributed by atoms with Crippen LogP contribution in [-0.2, 0) is 0 Å². The van der Waals surface area contributed by atoms with Crippen LogP contribution in [0.15, 0.2) is 0 Å². The molecule has 0 bridgehead atoms. The van der Waals surface area contributed by atoms with Crippen molar-refractivity contribution in [3.63, 3.8) is 0 Å². The molecule has 0 aromatic heterocycles. The number of quaternary nitrogens is 1. The van der Waals surface area contributed by atoms with Gasteiger partial charge in [-0.25, -0.2) is 0 Å². The van der Waals surface area contributed by atoms with Gasteiger partial charge in [-0.3, -0.25) is 0 Å². The molecule has 0 saturated carbocycles. The molecule has 0 amide bonds. The summed E-state index contributed by atoms with van der Waals surface area (Å²) in [4.78, 5) is 0. The number of nitrogens with zero attached hydrogens (tertiary/aromatic N) is 1. The third-order valence-corrected chi connectivity index (χ3v) is 2.16. The van der Waals surface area contributed by atoms with E-state index in [9.17, 15) is 0 Å². The predicted molar refractivity (Wildman–Crippen MR) is 50.5 cm³/mol. The standard InChI is InChI=1S/C8H19BrN/c1-4-5-7-10(2,3)8-6-9/h4-8H2,1-3H3/q+1. The number of unbranched alkanes of at least 4 members (excludes halogenated alkanes) is 1. The predicted octanol–water partition coefficient (Wildman–Crippen LogP) is 2.26. The summed E-state index contributed by atoms with van der Waals surface area (Å²) in [6, 6.07) is 0. The van der Waals surface area contributed by atoms with Gasteiger partial charge in [-0.2, -0.15) is 0 Å². The van der Waals surface area contributed by atoms with Gasteiger partial charge in [0.05, 0.1) is 32.5 Å². The molecular weight excluding hydrogens is 190 g/mol. The number of rotatable bonds is 5. The minimum absolute atomic E-state index is 1.11. The summed E-state index contributed by atoms with van der Waals surface area (Å²) in [6.45, 7) is 4.79. The monoisotopic (exact) mass is 208 g/mol. The van der Waals surface area contributed by atoms with Crippen LogP contribution in [-0.4, -0.2) is 37.0 Å². The van der Waals surface area contributed by atoms with Crippen molar-refractivity contribution >= 4 is 15.9 Å². The molecule has 2 heteroatoms. The van der Waals surface area contributed by atoms with Gasteiger partial charge in [0.25, 0.3) is 0 Å². The molecule has 0 aromatic carbocycles. The first-order chi connectivity index (χ1) is 4.62. The Bertz CT molecular complexity index is 81.3. The summed E-state index contributed by atoms with van der Waals surface area (Å²) in [5.41, 5.74) is 0. The average Bonchev–Trinajstić information content (AvgIpc) is 1.84. The highest BCUT2D eigenvalue weighted by Gasteiger charge is 2.11. The maximum atomic E-state index is 3.46. The van der Waals surface area contributed by atoms with Crippen molar-refractivity contribution in [3.8, 4) is 0 Å². The first-order valence-electron chi connectivity index (χ1n) is 4.00. The quantitative estimate of drug-likeness (QED) is 0.481. The van der Waals surface area contributed by atoms with Crippen molar-refractivity contribution in [2.75, 3.05) is 32.5 Å². The molecule has 10 heavy (non-hydrogen) atoms. The van der Waals surface area contributed by atoms with Crippen LogP contribution in [0.4, 0.5) is 0 Å². The molecule has 0 heterocycles. The Morgan fingerprint density at radius 3 is 2.20 bits per heavy atom. The second kappa shape index (κ2) is 5.14. The highest BCUT2D eigenvalue weighted by atomic mass is 79.9. The van der Waals surface area contributed by atoms with Crippen LogP contribution in [0.2, 0.25) is 0 Å². The minimum Gasteiger partial charge on any atom is -0.328 e. The molecule has 0 fully saturated rings. The highest BCUT2D eigenvalue weighted by molar-refractivity contribution is 9.09. The van der Waals surface area contributed by atoms with Gasteiger partial charge in [0.1, 0.15) is 0 Å². The lowest BCUT2D eigenvalue weighted by molar-refractivity contribution is -0.887. The van der Waals surface area contributed by atoms with E-state index in [1.807, 2.05) is 0 Å². The van der Waals surface area contributed by atoms with Crippen molar-refractivity contribution in [1.82, 2.24) is 0 Å². The van der Waals surface area contributed by atoms with Gasteiger partial charge in [0.15, 0.2) is 0 Å². The van der Waals surface area contributed by atoms with E-state index in [1.165, 1.54) is 25.9 Å². The van der Waals surface area contributed by atoms with E-state index < -0.39 is 0 Å². The van der Waals surface area contributed by atoms with Crippen LogP contribution >= 0.6 is 15.9 Å². The fraction of sp³-hybridized carbons (Fsp3) is 1.00. The largest absolute Gasteiger partial charge is 0.328 e. The van der Waals surface area contributed by atoms with Crippen LogP contribution in [0.5, 0.6) is 0 Å². The highest BCUT2D eigenvalue weighted by Crippen LogP contribution is 2.01. The van der Waals surface area contributed by atoms with E-state index in [1.54, 1.807) is 0 Å². The molecule has 0 aliphatic heterocycles. The van der Waals surface area contributed by atoms with Crippen molar-refractivity contribution in [1.29, 1.82) is 0 Å². The second-order valence-electron chi connectivity index (χ2n) is 3.43. The summed E-state index contributed by atoms with van der Waals surface area (Å²) in [7, 11) is 4.58. The number of hydrogen-bond donors (Lipinski definition) is 0. The fourth-order valence-corrected chi connectivity index (χ4v) is 1.89. The molecule has 0 N–H and O–H groups in total. The Hall–Kier alpha value is 0.440. The molecule has 0 unspecified atom stereocenters. The topological polar surface area (TPSA) is 0 Å². The molecule has 1 nitrogen and oxygen atoms in total. The van der Waals surface area contributed by atoms with Gasteiger partial charge in [0.2, 0.25) is 0 Å². The van der Waals surface area contributed by atoms with Crippen molar-refractivity contribution in [2.24, 2.45) is 0 Å². The van der Waals surface area contributed by atoms with Gasteiger partial charge in [-0.15, -0.1) is 0 Å². The van der Waals surface area contributed by atoms with Gasteiger partial charge >= 0.3 is 0 Å². The summed E-state index contributed by atoms with van der Waals surface area (Å²) in [5.74, 6) is 0. The SMILES string of the molecule is CCCC[N+](C)(C)CCBr. The minimum atomic E-state index is 1.11. The van der Waals surface area contributed by atoms with E-state index in [0.717, 1.165) is 9.81 Å². The van der Waals surface area contributed by atoms with Crippen LogP contribution in [0.3, 0.4) is 0 Å². The maximum absolute atomic E-state index is 3.46.